The summed E-state index contributed by atoms with van der Waals surface area (Å²) in [6.45, 7) is 8.65. The zero-order chi connectivity index (χ0) is 18.5. The molecule has 0 saturated carbocycles. The van der Waals surface area contributed by atoms with Crippen LogP contribution in [-0.4, -0.2) is 74.3 Å². The van der Waals surface area contributed by atoms with Gasteiger partial charge in [0.1, 0.15) is 5.82 Å². The van der Waals surface area contributed by atoms with Crippen LogP contribution in [0.4, 0.5) is 11.5 Å². The Kier molecular flexibility index (Phi) is 6.29. The third-order valence-corrected chi connectivity index (χ3v) is 6.42. The van der Waals surface area contributed by atoms with Gasteiger partial charge in [0.05, 0.1) is 17.2 Å². The fourth-order valence-electron chi connectivity index (χ4n) is 3.80. The highest BCUT2D eigenvalue weighted by Crippen LogP contribution is 2.46. The summed E-state index contributed by atoms with van der Waals surface area (Å²) < 4.78 is 5.19. The van der Waals surface area contributed by atoms with Gasteiger partial charge in [-0.1, -0.05) is 23.9 Å². The minimum atomic E-state index is 0.832. The fourth-order valence-corrected chi connectivity index (χ4v) is 4.87. The van der Waals surface area contributed by atoms with E-state index in [0.717, 1.165) is 64.7 Å². The number of hydrogen-bond acceptors (Lipinski definition) is 6. The molecule has 5 nitrogen and oxygen atoms in total. The number of rotatable bonds is 7. The standard InChI is InChI=1S/C21H28N4OS/c1-26-17-16-24-14-12-23(13-15-24)10-5-11-25-18-6-2-3-7-19(18)27-20-8-4-9-22-21(20)25/h2-4,6-9H,5,10-17H2,1H3. The summed E-state index contributed by atoms with van der Waals surface area (Å²) in [5, 5.41) is 0. The van der Waals surface area contributed by atoms with E-state index in [0.29, 0.717) is 0 Å². The first-order chi connectivity index (χ1) is 13.3. The van der Waals surface area contributed by atoms with Crippen molar-refractivity contribution in [2.45, 2.75) is 16.2 Å². The molecule has 0 unspecified atom stereocenters. The number of anilines is 2. The molecule has 2 aliphatic heterocycles. The lowest BCUT2D eigenvalue weighted by atomic mass is 10.2. The Bertz CT molecular complexity index is 703. The van der Waals surface area contributed by atoms with Crippen LogP contribution in [0.5, 0.6) is 0 Å². The Hall–Kier alpha value is -1.60. The summed E-state index contributed by atoms with van der Waals surface area (Å²) in [4.78, 5) is 14.7. The SMILES string of the molecule is COCCN1CCN(CCCN2c3ccccc3Sc3cccnc32)CC1. The summed E-state index contributed by atoms with van der Waals surface area (Å²) in [6.07, 6.45) is 3.05. The third kappa shape index (κ3) is 4.46. The molecule has 4 rings (SSSR count). The van der Waals surface area contributed by atoms with E-state index in [4.69, 9.17) is 4.74 Å². The first kappa shape index (κ1) is 18.7. The number of ether oxygens (including phenoxy) is 1. The van der Waals surface area contributed by atoms with Crippen LogP contribution in [0.25, 0.3) is 0 Å². The molecule has 1 saturated heterocycles. The molecule has 0 radical (unpaired) electrons. The van der Waals surface area contributed by atoms with Crippen LogP contribution in [0.15, 0.2) is 52.4 Å². The molecule has 1 fully saturated rings. The maximum atomic E-state index is 5.19. The number of aromatic nitrogens is 1. The maximum absolute atomic E-state index is 5.19. The van der Waals surface area contributed by atoms with Crippen molar-refractivity contribution in [2.75, 3.05) is 64.4 Å². The van der Waals surface area contributed by atoms with Gasteiger partial charge in [-0.2, -0.15) is 0 Å². The number of para-hydroxylation sites is 1. The molecule has 144 valence electrons. The molecular formula is C21H28N4OS. The van der Waals surface area contributed by atoms with Gasteiger partial charge in [0.25, 0.3) is 0 Å². The molecule has 0 amide bonds. The molecule has 27 heavy (non-hydrogen) atoms. The maximum Gasteiger partial charge on any atom is 0.147 e. The van der Waals surface area contributed by atoms with Gasteiger partial charge in [-0.25, -0.2) is 4.98 Å². The van der Waals surface area contributed by atoms with Gasteiger partial charge in [-0.3, -0.25) is 4.90 Å². The van der Waals surface area contributed by atoms with Gasteiger partial charge < -0.3 is 14.5 Å². The van der Waals surface area contributed by atoms with E-state index >= 15 is 0 Å². The van der Waals surface area contributed by atoms with Crippen LogP contribution in [0.1, 0.15) is 6.42 Å². The third-order valence-electron chi connectivity index (χ3n) is 5.32. The van der Waals surface area contributed by atoms with E-state index in [1.54, 1.807) is 7.11 Å². The molecule has 6 heteroatoms. The summed E-state index contributed by atoms with van der Waals surface area (Å²) >= 11 is 1.82. The molecule has 0 N–H and O–H groups in total. The monoisotopic (exact) mass is 384 g/mol. The molecular weight excluding hydrogens is 356 g/mol. The van der Waals surface area contributed by atoms with Gasteiger partial charge >= 0.3 is 0 Å². The largest absolute Gasteiger partial charge is 0.383 e. The number of piperazine rings is 1. The smallest absolute Gasteiger partial charge is 0.147 e. The Morgan fingerprint density at radius 2 is 1.67 bits per heavy atom. The van der Waals surface area contributed by atoms with E-state index in [-0.39, 0.29) is 0 Å². The second-order valence-electron chi connectivity index (χ2n) is 7.08. The molecule has 1 aromatic heterocycles. The van der Waals surface area contributed by atoms with Crippen molar-refractivity contribution in [1.29, 1.82) is 0 Å². The normalized spacial score (nSPS) is 17.6. The van der Waals surface area contributed by atoms with Gasteiger partial charge in [-0.05, 0) is 37.2 Å². The molecule has 1 aromatic carbocycles. The number of nitrogens with zero attached hydrogens (tertiary/aromatic N) is 4. The van der Waals surface area contributed by atoms with Crippen LogP contribution in [0.3, 0.4) is 0 Å². The lowest BCUT2D eigenvalue weighted by Gasteiger charge is -2.35. The summed E-state index contributed by atoms with van der Waals surface area (Å²) in [6, 6.07) is 12.9. The highest BCUT2D eigenvalue weighted by molar-refractivity contribution is 7.99. The first-order valence-electron chi connectivity index (χ1n) is 9.78. The van der Waals surface area contributed by atoms with Crippen molar-refractivity contribution in [3.8, 4) is 0 Å². The number of methoxy groups -OCH3 is 1. The Labute approximate surface area is 166 Å². The van der Waals surface area contributed by atoms with E-state index in [1.807, 2.05) is 24.0 Å². The summed E-state index contributed by atoms with van der Waals surface area (Å²) in [5.74, 6) is 1.10. The molecule has 0 aliphatic carbocycles. The minimum absolute atomic E-state index is 0.832. The predicted octanol–water partition coefficient (Wildman–Crippen LogP) is 3.34. The highest BCUT2D eigenvalue weighted by atomic mass is 32.2. The van der Waals surface area contributed by atoms with Crippen LogP contribution in [-0.2, 0) is 4.74 Å². The lowest BCUT2D eigenvalue weighted by Crippen LogP contribution is -2.47. The van der Waals surface area contributed by atoms with Gasteiger partial charge in [0, 0.05) is 57.5 Å². The van der Waals surface area contributed by atoms with Gasteiger partial charge in [-0.15, -0.1) is 0 Å². The van der Waals surface area contributed by atoms with Crippen molar-refractivity contribution in [2.24, 2.45) is 0 Å². The molecule has 3 heterocycles. The summed E-state index contributed by atoms with van der Waals surface area (Å²) in [5.41, 5.74) is 1.29. The second-order valence-corrected chi connectivity index (χ2v) is 8.16. The summed E-state index contributed by atoms with van der Waals surface area (Å²) in [7, 11) is 1.78. The molecule has 0 atom stereocenters. The van der Waals surface area contributed by atoms with Crippen LogP contribution < -0.4 is 4.90 Å². The van der Waals surface area contributed by atoms with Crippen molar-refractivity contribution < 1.29 is 4.74 Å². The van der Waals surface area contributed by atoms with E-state index < -0.39 is 0 Å². The fraction of sp³-hybridized carbons (Fsp3) is 0.476. The topological polar surface area (TPSA) is 31.8 Å². The zero-order valence-corrected chi connectivity index (χ0v) is 16.8. The van der Waals surface area contributed by atoms with E-state index in [9.17, 15) is 0 Å². The number of hydrogen-bond donors (Lipinski definition) is 0. The van der Waals surface area contributed by atoms with Crippen molar-refractivity contribution >= 4 is 23.3 Å². The van der Waals surface area contributed by atoms with Crippen LogP contribution in [0, 0.1) is 0 Å². The van der Waals surface area contributed by atoms with E-state index in [2.05, 4.69) is 50.0 Å². The quantitative estimate of drug-likeness (QED) is 0.728. The number of benzene rings is 1. The van der Waals surface area contributed by atoms with Gasteiger partial charge in [0.15, 0.2) is 0 Å². The van der Waals surface area contributed by atoms with E-state index in [1.165, 1.54) is 15.5 Å². The lowest BCUT2D eigenvalue weighted by molar-refractivity contribution is 0.0968. The zero-order valence-electron chi connectivity index (χ0n) is 16.0. The van der Waals surface area contributed by atoms with Crippen molar-refractivity contribution in [1.82, 2.24) is 14.8 Å². The number of fused-ring (bicyclic) bond motifs is 2. The van der Waals surface area contributed by atoms with Crippen LogP contribution in [0.2, 0.25) is 0 Å². The Morgan fingerprint density at radius 3 is 2.48 bits per heavy atom. The molecule has 2 aromatic rings. The Balaban J connectivity index is 1.34. The Morgan fingerprint density at radius 1 is 0.926 bits per heavy atom. The molecule has 2 aliphatic rings. The van der Waals surface area contributed by atoms with Gasteiger partial charge in [0.2, 0.25) is 0 Å². The van der Waals surface area contributed by atoms with Crippen molar-refractivity contribution in [3.63, 3.8) is 0 Å². The highest BCUT2D eigenvalue weighted by Gasteiger charge is 2.24. The number of pyridine rings is 1. The predicted molar refractivity (Wildman–Crippen MR) is 111 cm³/mol. The minimum Gasteiger partial charge on any atom is -0.383 e. The first-order valence-corrected chi connectivity index (χ1v) is 10.6. The van der Waals surface area contributed by atoms with Crippen LogP contribution >= 0.6 is 11.8 Å². The average Bonchev–Trinajstić information content (AvgIpc) is 2.72. The second kappa shape index (κ2) is 9.06. The van der Waals surface area contributed by atoms with Crippen molar-refractivity contribution in [3.05, 3.63) is 42.6 Å². The average molecular weight is 385 g/mol. The molecule has 0 spiro atoms. The molecule has 0 bridgehead atoms.